The Hall–Kier alpha value is -6.64. The molecule has 2 heteroatoms. The third-order valence-electron chi connectivity index (χ3n) is 9.13. The molecule has 0 amide bonds. The van der Waals surface area contributed by atoms with Crippen LogP contribution in [0.4, 0.5) is 0 Å². The fraction of sp³-hybridized carbons (Fsp3) is 0. The standard InChI is InChI=1S/C48H30O2/c49-44-22-8-13-34-29-33(27-28-35(34)44)30-23-25-32(26-24-30)45-37-14-4-6-16-39(37)46(40-17-7-5-15-38(40)45)43-21-10-20-42-41-19-9-18-36(47(41)50-48(42)43)31-11-2-1-3-12-31/h1-29,49H/i4D,5D,6D,7D,8D,13D,14D,15D,16D,17D,22D,27D,28D,29D. The van der Waals surface area contributed by atoms with Gasteiger partial charge in [-0.05, 0) is 66.8 Å². The van der Waals surface area contributed by atoms with Crippen molar-refractivity contribution in [2.45, 2.75) is 0 Å². The van der Waals surface area contributed by atoms with Crippen LogP contribution in [0.25, 0.3) is 98.8 Å². The first-order valence-electron chi connectivity index (χ1n) is 22.9. The fourth-order valence-electron chi connectivity index (χ4n) is 6.89. The summed E-state index contributed by atoms with van der Waals surface area (Å²) in [5, 5.41) is 11.4. The smallest absolute Gasteiger partial charge is 0.143 e. The number of phenolic OH excluding ortho intramolecular Hbond substituents is 1. The van der Waals surface area contributed by atoms with Crippen LogP contribution in [0.1, 0.15) is 19.2 Å². The quantitative estimate of drug-likeness (QED) is 0.192. The summed E-state index contributed by atoms with van der Waals surface area (Å²) in [7, 11) is 0. The molecular formula is C48H30O2. The highest BCUT2D eigenvalue weighted by atomic mass is 16.3. The number of hydrogen-bond acceptors (Lipinski definition) is 2. The summed E-state index contributed by atoms with van der Waals surface area (Å²) in [6, 6.07) is 19.2. The van der Waals surface area contributed by atoms with Crippen LogP contribution in [0.3, 0.4) is 0 Å². The molecule has 0 fully saturated rings. The van der Waals surface area contributed by atoms with E-state index in [9.17, 15) is 10.6 Å². The van der Waals surface area contributed by atoms with Crippen LogP contribution < -0.4 is 0 Å². The predicted octanol–water partition coefficient (Wildman–Crippen LogP) is 13.4. The van der Waals surface area contributed by atoms with E-state index in [0.717, 1.165) is 16.5 Å². The van der Waals surface area contributed by atoms with Gasteiger partial charge >= 0.3 is 0 Å². The van der Waals surface area contributed by atoms with Gasteiger partial charge in [0.25, 0.3) is 0 Å². The van der Waals surface area contributed by atoms with Gasteiger partial charge in [-0.25, -0.2) is 0 Å². The van der Waals surface area contributed by atoms with Crippen LogP contribution in [0.2, 0.25) is 0 Å². The second-order valence-electron chi connectivity index (χ2n) is 11.9. The van der Waals surface area contributed by atoms with Gasteiger partial charge in [-0.15, -0.1) is 0 Å². The number of hydrogen-bond donors (Lipinski definition) is 1. The molecular weight excluding hydrogens is 609 g/mol. The second-order valence-corrected chi connectivity index (χ2v) is 11.9. The molecule has 0 saturated carbocycles. The number of phenols is 1. The Morgan fingerprint density at radius 3 is 1.68 bits per heavy atom. The van der Waals surface area contributed by atoms with Crippen molar-refractivity contribution in [2.75, 3.05) is 0 Å². The van der Waals surface area contributed by atoms with E-state index < -0.39 is 90.3 Å². The SMILES string of the molecule is [2H]c1c([2H])c(O)c2c([2H])c([2H])c(-c3ccc(-c4c5c([2H])c([2H])c([2H])c([2H])c5c(-c5cccc6c5oc5c(-c7ccccc7)cccc56)c5c([2H])c([2H])c([2H])c([2H])c45)cc3)c([2H])c2c1[2H]. The van der Waals surface area contributed by atoms with Crippen molar-refractivity contribution in [2.24, 2.45) is 0 Å². The Labute approximate surface area is 308 Å². The van der Waals surface area contributed by atoms with Crippen molar-refractivity contribution in [3.05, 3.63) is 176 Å². The predicted molar refractivity (Wildman–Crippen MR) is 210 cm³/mol. The topological polar surface area (TPSA) is 33.4 Å². The molecule has 1 aromatic heterocycles. The minimum atomic E-state index is -0.783. The van der Waals surface area contributed by atoms with E-state index in [2.05, 4.69) is 0 Å². The zero-order valence-corrected chi connectivity index (χ0v) is 26.0. The lowest BCUT2D eigenvalue weighted by Gasteiger charge is -2.18. The first-order valence-corrected chi connectivity index (χ1v) is 15.9. The van der Waals surface area contributed by atoms with Gasteiger partial charge in [0.05, 0.1) is 19.2 Å². The second kappa shape index (κ2) is 11.2. The van der Waals surface area contributed by atoms with Gasteiger partial charge in [0, 0.05) is 32.8 Å². The molecule has 0 saturated heterocycles. The number of benzene rings is 9. The third kappa shape index (κ3) is 4.36. The number of furan rings is 1. The Balaban J connectivity index is 1.32. The first-order chi connectivity index (χ1) is 30.6. The van der Waals surface area contributed by atoms with Gasteiger partial charge in [-0.2, -0.15) is 0 Å². The van der Waals surface area contributed by atoms with Crippen LogP contribution in [-0.4, -0.2) is 5.11 Å². The highest BCUT2D eigenvalue weighted by molar-refractivity contribution is 6.24. The molecule has 10 aromatic rings. The van der Waals surface area contributed by atoms with E-state index in [1.165, 1.54) is 24.3 Å². The van der Waals surface area contributed by atoms with Crippen LogP contribution in [0.15, 0.2) is 180 Å². The van der Waals surface area contributed by atoms with Crippen molar-refractivity contribution >= 4 is 54.3 Å². The number of para-hydroxylation sites is 2. The summed E-state index contributed by atoms with van der Waals surface area (Å²) in [4.78, 5) is 0. The fourth-order valence-corrected chi connectivity index (χ4v) is 6.89. The normalized spacial score (nSPS) is 15.6. The molecule has 0 aliphatic carbocycles. The van der Waals surface area contributed by atoms with Crippen molar-refractivity contribution in [1.82, 2.24) is 0 Å². The van der Waals surface area contributed by atoms with Crippen LogP contribution in [0.5, 0.6) is 5.75 Å². The average molecular weight is 653 g/mol. The summed E-state index contributed by atoms with van der Waals surface area (Å²) in [6.45, 7) is 0. The molecule has 0 atom stereocenters. The molecule has 9 aromatic carbocycles. The lowest BCUT2D eigenvalue weighted by atomic mass is 9.85. The van der Waals surface area contributed by atoms with E-state index in [0.29, 0.717) is 22.1 Å². The van der Waals surface area contributed by atoms with E-state index in [1.807, 2.05) is 54.6 Å². The molecule has 50 heavy (non-hydrogen) atoms. The molecule has 0 radical (unpaired) electrons. The largest absolute Gasteiger partial charge is 0.507 e. The molecule has 0 spiro atoms. The molecule has 0 unspecified atom stereocenters. The van der Waals surface area contributed by atoms with Gasteiger partial charge in [0.1, 0.15) is 16.9 Å². The highest BCUT2D eigenvalue weighted by Gasteiger charge is 2.21. The minimum Gasteiger partial charge on any atom is -0.507 e. The van der Waals surface area contributed by atoms with Crippen LogP contribution in [-0.2, 0) is 0 Å². The summed E-state index contributed by atoms with van der Waals surface area (Å²) in [6.07, 6.45) is 0. The van der Waals surface area contributed by atoms with Crippen LogP contribution in [0, 0.1) is 0 Å². The number of rotatable bonds is 4. The van der Waals surface area contributed by atoms with Gasteiger partial charge in [-0.1, -0.05) is 164 Å². The summed E-state index contributed by atoms with van der Waals surface area (Å²) >= 11 is 0. The molecule has 1 heterocycles. The lowest BCUT2D eigenvalue weighted by molar-refractivity contribution is 0.481. The Bertz CT molecular complexity index is 3630. The Morgan fingerprint density at radius 1 is 0.400 bits per heavy atom. The number of fused-ring (bicyclic) bond motifs is 6. The maximum absolute atomic E-state index is 10.7. The van der Waals surface area contributed by atoms with Gasteiger partial charge < -0.3 is 9.52 Å². The van der Waals surface area contributed by atoms with Gasteiger partial charge in [0.2, 0.25) is 0 Å². The van der Waals surface area contributed by atoms with E-state index in [1.54, 1.807) is 12.1 Å². The maximum Gasteiger partial charge on any atom is 0.143 e. The minimum absolute atomic E-state index is 0.0168. The molecule has 234 valence electrons. The monoisotopic (exact) mass is 652 g/mol. The lowest BCUT2D eigenvalue weighted by Crippen LogP contribution is -1.91. The molecule has 10 rings (SSSR count). The van der Waals surface area contributed by atoms with Crippen molar-refractivity contribution < 1.29 is 28.7 Å². The van der Waals surface area contributed by atoms with Gasteiger partial charge in [0.15, 0.2) is 0 Å². The number of aromatic hydroxyl groups is 1. The molecule has 1 N–H and O–H groups in total. The molecule has 0 aliphatic rings. The highest BCUT2D eigenvalue weighted by Crippen LogP contribution is 2.47. The molecule has 2 nitrogen and oxygen atoms in total. The van der Waals surface area contributed by atoms with E-state index in [4.69, 9.17) is 18.1 Å². The van der Waals surface area contributed by atoms with Crippen molar-refractivity contribution in [3.63, 3.8) is 0 Å². The Morgan fingerprint density at radius 2 is 1.00 bits per heavy atom. The summed E-state index contributed by atoms with van der Waals surface area (Å²) < 4.78 is 131. The van der Waals surface area contributed by atoms with E-state index in [-0.39, 0.29) is 60.1 Å². The van der Waals surface area contributed by atoms with Crippen molar-refractivity contribution in [1.29, 1.82) is 0 Å². The zero-order valence-electron chi connectivity index (χ0n) is 40.0. The third-order valence-corrected chi connectivity index (χ3v) is 9.13. The zero-order chi connectivity index (χ0) is 45.4. The van der Waals surface area contributed by atoms with Crippen LogP contribution >= 0.6 is 0 Å². The summed E-state index contributed by atoms with van der Waals surface area (Å²) in [5.74, 6) is -0.783. The summed E-state index contributed by atoms with van der Waals surface area (Å²) in [5.41, 5.74) is 3.45. The maximum atomic E-state index is 10.7. The van der Waals surface area contributed by atoms with E-state index >= 15 is 0 Å². The molecule has 0 aliphatic heterocycles. The first kappa shape index (κ1) is 17.7. The van der Waals surface area contributed by atoms with Gasteiger partial charge in [-0.3, -0.25) is 0 Å². The van der Waals surface area contributed by atoms with Crippen molar-refractivity contribution in [3.8, 4) is 50.3 Å². The molecule has 0 bridgehead atoms. The average Bonchev–Trinajstić information content (AvgIpc) is 3.70. The Kier molecular flexibility index (Phi) is 3.97.